The Morgan fingerprint density at radius 1 is 1.00 bits per heavy atom. The average Bonchev–Trinajstić information content (AvgIpc) is 2.82. The van der Waals surface area contributed by atoms with Gasteiger partial charge in [0.25, 0.3) is 0 Å². The van der Waals surface area contributed by atoms with Gasteiger partial charge in [-0.3, -0.25) is 4.74 Å². The summed E-state index contributed by atoms with van der Waals surface area (Å²) in [7, 11) is 0. The van der Waals surface area contributed by atoms with Crippen LogP contribution in [0.2, 0.25) is 0 Å². The second-order valence-electron chi connectivity index (χ2n) is 5.94. The highest BCUT2D eigenvalue weighted by Gasteiger charge is 2.42. The van der Waals surface area contributed by atoms with Crippen LogP contribution in [0, 0.1) is 0 Å². The summed E-state index contributed by atoms with van der Waals surface area (Å²) in [6, 6.07) is 0.246. The van der Waals surface area contributed by atoms with Crippen molar-refractivity contribution in [1.29, 1.82) is 0 Å². The molecule has 0 unspecified atom stereocenters. The Balaban J connectivity index is 1.52. The largest absolute Gasteiger partial charge is 0.522 e. The quantitative estimate of drug-likeness (QED) is 0.929. The number of halogens is 3. The van der Waals surface area contributed by atoms with Gasteiger partial charge in [0.1, 0.15) is 0 Å². The molecule has 2 fully saturated rings. The van der Waals surface area contributed by atoms with E-state index in [1.165, 1.54) is 0 Å². The number of hydrogen-bond acceptors (Lipinski definition) is 5. The second kappa shape index (κ2) is 5.57. The van der Waals surface area contributed by atoms with Crippen molar-refractivity contribution in [3.05, 3.63) is 11.8 Å². The average molecular weight is 305 g/mol. The van der Waals surface area contributed by atoms with E-state index in [4.69, 9.17) is 10.2 Å². The van der Waals surface area contributed by atoms with Crippen molar-refractivity contribution in [3.8, 4) is 0 Å². The Morgan fingerprint density at radius 3 is 2.14 bits per heavy atom. The molecule has 1 aromatic heterocycles. The zero-order chi connectivity index (χ0) is 15.0. The third-order valence-corrected chi connectivity index (χ3v) is 4.32. The fourth-order valence-corrected chi connectivity index (χ4v) is 3.00. The predicted octanol–water partition coefficient (Wildman–Crippen LogP) is 2.84. The maximum atomic E-state index is 12.1. The van der Waals surface area contributed by atoms with Gasteiger partial charge in [0, 0.05) is 17.9 Å². The van der Waals surface area contributed by atoms with Gasteiger partial charge in [0.2, 0.25) is 11.8 Å². The molecule has 1 heterocycles. The Hall–Kier alpha value is -1.15. The first kappa shape index (κ1) is 14.8. The van der Waals surface area contributed by atoms with Crippen molar-refractivity contribution < 1.29 is 22.3 Å². The predicted molar refractivity (Wildman–Crippen MR) is 66.4 cm³/mol. The molecule has 0 atom stereocenters. The number of aromatic nitrogens is 2. The van der Waals surface area contributed by atoms with E-state index in [9.17, 15) is 13.2 Å². The number of ether oxygens (including phenoxy) is 1. The van der Waals surface area contributed by atoms with E-state index in [1.807, 2.05) is 0 Å². The molecule has 0 radical (unpaired) electrons. The monoisotopic (exact) mass is 305 g/mol. The van der Waals surface area contributed by atoms with Crippen LogP contribution in [-0.4, -0.2) is 28.7 Å². The summed E-state index contributed by atoms with van der Waals surface area (Å²) in [6.45, 7) is 0. The van der Waals surface area contributed by atoms with Gasteiger partial charge in [-0.05, 0) is 38.5 Å². The third-order valence-electron chi connectivity index (χ3n) is 4.32. The minimum atomic E-state index is -4.57. The minimum absolute atomic E-state index is 0.121. The summed E-state index contributed by atoms with van der Waals surface area (Å²) in [5.41, 5.74) is 5.85. The summed E-state index contributed by atoms with van der Waals surface area (Å²) in [6.07, 6.45) is -1.09. The number of nitrogens with two attached hydrogens (primary N) is 1. The summed E-state index contributed by atoms with van der Waals surface area (Å²) in [5.74, 6) is 1.14. The Labute approximate surface area is 120 Å². The highest BCUT2D eigenvalue weighted by molar-refractivity contribution is 5.03. The highest BCUT2D eigenvalue weighted by Crippen LogP contribution is 2.41. The molecule has 3 rings (SSSR count). The molecule has 0 saturated heterocycles. The fourth-order valence-electron chi connectivity index (χ4n) is 3.00. The molecule has 0 spiro atoms. The highest BCUT2D eigenvalue weighted by atomic mass is 19.4. The first-order valence-corrected chi connectivity index (χ1v) is 7.24. The van der Waals surface area contributed by atoms with Crippen LogP contribution in [-0.2, 0) is 4.74 Å². The molecule has 2 saturated carbocycles. The molecule has 21 heavy (non-hydrogen) atoms. The van der Waals surface area contributed by atoms with Gasteiger partial charge < -0.3 is 10.2 Å². The van der Waals surface area contributed by atoms with Gasteiger partial charge in [0.05, 0.1) is 6.10 Å². The molecular formula is C13H18F3N3O2. The SMILES string of the molecule is NC1CCC(c2nnc(C3CC(OC(F)(F)F)C3)o2)CC1. The van der Waals surface area contributed by atoms with Crippen LogP contribution in [0.3, 0.4) is 0 Å². The summed E-state index contributed by atoms with van der Waals surface area (Å²) in [4.78, 5) is 0. The van der Waals surface area contributed by atoms with Gasteiger partial charge in [-0.25, -0.2) is 0 Å². The molecular weight excluding hydrogens is 287 g/mol. The molecule has 2 N–H and O–H groups in total. The summed E-state index contributed by atoms with van der Waals surface area (Å²) in [5, 5.41) is 8.03. The van der Waals surface area contributed by atoms with Gasteiger partial charge in [-0.15, -0.1) is 23.4 Å². The normalized spacial score (nSPS) is 33.7. The van der Waals surface area contributed by atoms with E-state index in [-0.39, 0.29) is 30.7 Å². The lowest BCUT2D eigenvalue weighted by atomic mass is 9.82. The van der Waals surface area contributed by atoms with Crippen molar-refractivity contribution in [2.75, 3.05) is 0 Å². The van der Waals surface area contributed by atoms with Gasteiger partial charge >= 0.3 is 6.36 Å². The van der Waals surface area contributed by atoms with Crippen molar-refractivity contribution in [3.63, 3.8) is 0 Å². The van der Waals surface area contributed by atoms with Gasteiger partial charge in [0.15, 0.2) is 0 Å². The summed E-state index contributed by atoms with van der Waals surface area (Å²) < 4.78 is 45.8. The van der Waals surface area contributed by atoms with E-state index in [1.54, 1.807) is 0 Å². The van der Waals surface area contributed by atoms with E-state index in [0.717, 1.165) is 25.7 Å². The van der Waals surface area contributed by atoms with Crippen LogP contribution in [0.15, 0.2) is 4.42 Å². The lowest BCUT2D eigenvalue weighted by Gasteiger charge is -2.32. The molecule has 2 aliphatic carbocycles. The Morgan fingerprint density at radius 2 is 1.57 bits per heavy atom. The van der Waals surface area contributed by atoms with E-state index >= 15 is 0 Å². The third kappa shape index (κ3) is 3.55. The van der Waals surface area contributed by atoms with Crippen LogP contribution in [0.5, 0.6) is 0 Å². The lowest BCUT2D eigenvalue weighted by Crippen LogP contribution is -2.34. The van der Waals surface area contributed by atoms with Crippen molar-refractivity contribution in [1.82, 2.24) is 10.2 Å². The Bertz CT molecular complexity index is 477. The Kier molecular flexibility index (Phi) is 3.92. The molecule has 5 nitrogen and oxygen atoms in total. The molecule has 2 aliphatic rings. The van der Waals surface area contributed by atoms with Crippen molar-refractivity contribution >= 4 is 0 Å². The van der Waals surface area contributed by atoms with Crippen LogP contribution in [0.25, 0.3) is 0 Å². The molecule has 0 aliphatic heterocycles. The zero-order valence-electron chi connectivity index (χ0n) is 11.5. The molecule has 0 amide bonds. The van der Waals surface area contributed by atoms with Crippen LogP contribution < -0.4 is 5.73 Å². The van der Waals surface area contributed by atoms with Gasteiger partial charge in [-0.2, -0.15) is 0 Å². The topological polar surface area (TPSA) is 74.2 Å². The van der Waals surface area contributed by atoms with Crippen LogP contribution in [0.4, 0.5) is 13.2 Å². The van der Waals surface area contributed by atoms with E-state index in [2.05, 4.69) is 14.9 Å². The number of rotatable bonds is 3. The number of alkyl halides is 3. The molecule has 0 bridgehead atoms. The fraction of sp³-hybridized carbons (Fsp3) is 0.846. The minimum Gasteiger partial charge on any atom is -0.425 e. The first-order valence-electron chi connectivity index (χ1n) is 7.24. The maximum Gasteiger partial charge on any atom is 0.522 e. The summed E-state index contributed by atoms with van der Waals surface area (Å²) >= 11 is 0. The van der Waals surface area contributed by atoms with Crippen molar-refractivity contribution in [2.24, 2.45) is 5.73 Å². The number of nitrogens with zero attached hydrogens (tertiary/aromatic N) is 2. The van der Waals surface area contributed by atoms with E-state index < -0.39 is 12.5 Å². The molecule has 1 aromatic rings. The second-order valence-corrected chi connectivity index (χ2v) is 5.94. The molecule has 118 valence electrons. The molecule has 8 heteroatoms. The lowest BCUT2D eigenvalue weighted by molar-refractivity contribution is -0.352. The van der Waals surface area contributed by atoms with Crippen LogP contribution in [0.1, 0.15) is 62.1 Å². The zero-order valence-corrected chi connectivity index (χ0v) is 11.5. The number of hydrogen-bond donors (Lipinski definition) is 1. The van der Waals surface area contributed by atoms with E-state index in [0.29, 0.717) is 11.8 Å². The smallest absolute Gasteiger partial charge is 0.425 e. The maximum absolute atomic E-state index is 12.1. The van der Waals surface area contributed by atoms with Gasteiger partial charge in [-0.1, -0.05) is 0 Å². The molecule has 0 aromatic carbocycles. The first-order chi connectivity index (χ1) is 9.90. The van der Waals surface area contributed by atoms with Crippen LogP contribution >= 0.6 is 0 Å². The standard InChI is InChI=1S/C13H18F3N3O2/c14-13(15,16)21-10-5-8(6-10)12-19-18-11(20-12)7-1-3-9(17)4-2-7/h7-10H,1-6,17H2. The van der Waals surface area contributed by atoms with Crippen molar-refractivity contribution in [2.45, 2.75) is 68.9 Å².